The Morgan fingerprint density at radius 3 is 1.55 bits per heavy atom. The molecule has 0 atom stereocenters. The monoisotopic (exact) mass is 695 g/mol. The number of aromatic nitrogens is 1. The molecule has 0 N–H and O–H groups in total. The molecular weight excluding hydrogens is 663 g/mol. The topological polar surface area (TPSA) is 4.93 Å². The van der Waals surface area contributed by atoms with Crippen molar-refractivity contribution in [3.8, 4) is 27.9 Å². The Hall–Kier alpha value is -7.22. The number of para-hydroxylation sites is 1. The Labute approximate surface area is 317 Å². The highest BCUT2D eigenvalue weighted by Gasteiger charge is 2.25. The van der Waals surface area contributed by atoms with Crippen LogP contribution in [-0.4, -0.2) is 4.57 Å². The van der Waals surface area contributed by atoms with Crippen LogP contribution in [0.5, 0.6) is 0 Å². The van der Waals surface area contributed by atoms with Gasteiger partial charge in [0, 0.05) is 32.3 Å². The van der Waals surface area contributed by atoms with Gasteiger partial charge in [-0.05, 0) is 77.5 Å². The average molecular weight is 696 g/mol. The van der Waals surface area contributed by atoms with E-state index in [1.165, 1.54) is 114 Å². The molecule has 0 amide bonds. The maximum Gasteiger partial charge on any atom is 0.0626 e. The number of rotatable bonds is 3. The van der Waals surface area contributed by atoms with Crippen molar-refractivity contribution >= 4 is 86.4 Å². The summed E-state index contributed by atoms with van der Waals surface area (Å²) in [4.78, 5) is 0. The highest BCUT2D eigenvalue weighted by Crippen LogP contribution is 2.50. The number of nitrogens with zero attached hydrogens (tertiary/aromatic N) is 1. The van der Waals surface area contributed by atoms with Gasteiger partial charge in [0.15, 0.2) is 0 Å². The smallest absolute Gasteiger partial charge is 0.0626 e. The maximum absolute atomic E-state index is 2.60. The van der Waals surface area contributed by atoms with E-state index in [2.05, 4.69) is 205 Å². The Bertz CT molecular complexity index is 3470. The summed E-state index contributed by atoms with van der Waals surface area (Å²) in [6, 6.07) is 74.0. The Morgan fingerprint density at radius 1 is 0.291 bits per heavy atom. The molecule has 0 aliphatic carbocycles. The zero-order chi connectivity index (χ0) is 36.0. The minimum absolute atomic E-state index is 1.21. The molecule has 0 bridgehead atoms. The third kappa shape index (κ3) is 4.24. The zero-order valence-corrected chi connectivity index (χ0v) is 30.0. The molecule has 0 saturated heterocycles. The van der Waals surface area contributed by atoms with Crippen LogP contribution in [0, 0.1) is 0 Å². The van der Waals surface area contributed by atoms with E-state index in [0.717, 1.165) is 0 Å². The Kier molecular flexibility index (Phi) is 6.40. The Balaban J connectivity index is 1.32. The third-order valence-corrected chi connectivity index (χ3v) is 11.9. The van der Waals surface area contributed by atoms with Crippen molar-refractivity contribution in [1.82, 2.24) is 4.57 Å². The van der Waals surface area contributed by atoms with E-state index < -0.39 is 0 Å². The van der Waals surface area contributed by atoms with Gasteiger partial charge in [0.2, 0.25) is 0 Å². The summed E-state index contributed by atoms with van der Waals surface area (Å²) in [7, 11) is 0. The number of fused-ring (bicyclic) bond motifs is 13. The minimum Gasteiger partial charge on any atom is -0.307 e. The van der Waals surface area contributed by atoms with Crippen LogP contribution in [0.1, 0.15) is 0 Å². The molecule has 254 valence electrons. The molecule has 0 unspecified atom stereocenters. The summed E-state index contributed by atoms with van der Waals surface area (Å²) in [5, 5.41) is 17.7. The molecule has 0 aliphatic heterocycles. The summed E-state index contributed by atoms with van der Waals surface area (Å²) in [6.45, 7) is 0. The molecule has 0 aliphatic rings. The van der Waals surface area contributed by atoms with Crippen LogP contribution in [0.3, 0.4) is 0 Å². The molecule has 1 heteroatoms. The van der Waals surface area contributed by atoms with Crippen LogP contribution < -0.4 is 0 Å². The highest BCUT2D eigenvalue weighted by molar-refractivity contribution is 6.38. The van der Waals surface area contributed by atoms with Crippen molar-refractivity contribution in [3.63, 3.8) is 0 Å². The third-order valence-electron chi connectivity index (χ3n) is 11.9. The molecule has 12 aromatic rings. The van der Waals surface area contributed by atoms with Crippen molar-refractivity contribution < 1.29 is 0 Å². The van der Waals surface area contributed by atoms with Gasteiger partial charge in [-0.3, -0.25) is 0 Å². The van der Waals surface area contributed by atoms with E-state index in [9.17, 15) is 0 Å². The molecule has 12 rings (SSSR count). The second-order valence-electron chi connectivity index (χ2n) is 14.7. The summed E-state index contributed by atoms with van der Waals surface area (Å²) in [5.41, 5.74) is 8.71. The second kappa shape index (κ2) is 11.6. The van der Waals surface area contributed by atoms with Gasteiger partial charge in [-0.2, -0.15) is 0 Å². The molecular formula is C54H33N. The van der Waals surface area contributed by atoms with E-state index in [4.69, 9.17) is 0 Å². The van der Waals surface area contributed by atoms with Crippen molar-refractivity contribution in [2.45, 2.75) is 0 Å². The van der Waals surface area contributed by atoms with Crippen LogP contribution in [-0.2, 0) is 0 Å². The van der Waals surface area contributed by atoms with Crippen LogP contribution in [0.2, 0.25) is 0 Å². The van der Waals surface area contributed by atoms with Gasteiger partial charge in [0.25, 0.3) is 0 Å². The zero-order valence-electron chi connectivity index (χ0n) is 30.0. The molecule has 1 aromatic heterocycles. The number of hydrogen-bond donors (Lipinski definition) is 0. The molecule has 0 saturated carbocycles. The van der Waals surface area contributed by atoms with Crippen molar-refractivity contribution in [3.05, 3.63) is 200 Å². The lowest BCUT2D eigenvalue weighted by Gasteiger charge is -2.21. The lowest BCUT2D eigenvalue weighted by molar-refractivity contribution is 1.22. The van der Waals surface area contributed by atoms with Gasteiger partial charge in [0.05, 0.1) is 16.7 Å². The normalized spacial score (nSPS) is 12.0. The number of benzene rings is 11. The van der Waals surface area contributed by atoms with Gasteiger partial charge in [-0.1, -0.05) is 188 Å². The SMILES string of the molecule is c1ccc(-c2cc3c4ccccc4c4c(c5ccccc5n4-c4c5ccccc5c(-c5cccc6ccccc56)c5ccccc45)c3c3ccccc23)cc1. The molecule has 0 spiro atoms. The van der Waals surface area contributed by atoms with Crippen LogP contribution in [0.25, 0.3) is 114 Å². The van der Waals surface area contributed by atoms with E-state index in [0.29, 0.717) is 0 Å². The standard InChI is InChI=1S/C54H33N/c1-2-17-35(18-3-1)47-33-48-38-23-7-11-27-43(38)54-52(51(48)40-24-8-6-22-37(40)47)46-30-14-15-32-49(46)55(54)53-44-28-12-9-25-41(44)50(42-26-10-13-29-45(42)53)39-31-16-20-34-19-4-5-21-36(34)39/h1-33H. The summed E-state index contributed by atoms with van der Waals surface area (Å²) >= 11 is 0. The molecule has 0 radical (unpaired) electrons. The fourth-order valence-electron chi connectivity index (χ4n) is 9.70. The van der Waals surface area contributed by atoms with E-state index in [1.54, 1.807) is 0 Å². The van der Waals surface area contributed by atoms with Crippen molar-refractivity contribution in [2.75, 3.05) is 0 Å². The average Bonchev–Trinajstić information content (AvgIpc) is 3.60. The first kappa shape index (κ1) is 30.3. The summed E-state index contributed by atoms with van der Waals surface area (Å²) in [5.74, 6) is 0. The first-order valence-electron chi connectivity index (χ1n) is 19.1. The Morgan fingerprint density at radius 2 is 0.818 bits per heavy atom. The fourth-order valence-corrected chi connectivity index (χ4v) is 9.70. The predicted octanol–water partition coefficient (Wildman–Crippen LogP) is 15.0. The first-order chi connectivity index (χ1) is 27.3. The van der Waals surface area contributed by atoms with Crippen LogP contribution >= 0.6 is 0 Å². The molecule has 55 heavy (non-hydrogen) atoms. The maximum atomic E-state index is 2.60. The van der Waals surface area contributed by atoms with E-state index in [-0.39, 0.29) is 0 Å². The lowest BCUT2D eigenvalue weighted by atomic mass is 9.88. The fraction of sp³-hybridized carbons (Fsp3) is 0. The molecule has 11 aromatic carbocycles. The second-order valence-corrected chi connectivity index (χ2v) is 14.7. The van der Waals surface area contributed by atoms with Crippen LogP contribution in [0.15, 0.2) is 200 Å². The van der Waals surface area contributed by atoms with Crippen LogP contribution in [0.4, 0.5) is 0 Å². The quantitative estimate of drug-likeness (QED) is 0.128. The lowest BCUT2D eigenvalue weighted by Crippen LogP contribution is -2.00. The highest BCUT2D eigenvalue weighted by atomic mass is 15.0. The summed E-state index contributed by atoms with van der Waals surface area (Å²) < 4.78 is 2.60. The van der Waals surface area contributed by atoms with E-state index >= 15 is 0 Å². The van der Waals surface area contributed by atoms with Gasteiger partial charge in [-0.15, -0.1) is 0 Å². The van der Waals surface area contributed by atoms with Gasteiger partial charge >= 0.3 is 0 Å². The number of hydrogen-bond acceptors (Lipinski definition) is 0. The van der Waals surface area contributed by atoms with Gasteiger partial charge in [0.1, 0.15) is 0 Å². The molecule has 0 fully saturated rings. The molecule has 1 nitrogen and oxygen atoms in total. The largest absolute Gasteiger partial charge is 0.307 e. The first-order valence-corrected chi connectivity index (χ1v) is 19.1. The van der Waals surface area contributed by atoms with Crippen molar-refractivity contribution in [1.29, 1.82) is 0 Å². The van der Waals surface area contributed by atoms with Crippen molar-refractivity contribution in [2.24, 2.45) is 0 Å². The molecule has 1 heterocycles. The van der Waals surface area contributed by atoms with Gasteiger partial charge in [-0.25, -0.2) is 0 Å². The predicted molar refractivity (Wildman–Crippen MR) is 237 cm³/mol. The minimum atomic E-state index is 1.21. The van der Waals surface area contributed by atoms with Gasteiger partial charge < -0.3 is 4.57 Å². The summed E-state index contributed by atoms with van der Waals surface area (Å²) in [6.07, 6.45) is 0. The van der Waals surface area contributed by atoms with E-state index in [1.807, 2.05) is 0 Å².